The van der Waals surface area contributed by atoms with Gasteiger partial charge in [0.1, 0.15) is 0 Å². The Labute approximate surface area is 130 Å². The molecule has 0 bridgehead atoms. The molecule has 0 aromatic heterocycles. The molecular weight excluding hydrogens is 258 g/mol. The van der Waals surface area contributed by atoms with Crippen LogP contribution in [0.4, 0.5) is 5.69 Å². The van der Waals surface area contributed by atoms with Crippen LogP contribution in [-0.4, -0.2) is 44.7 Å². The first-order valence-corrected chi connectivity index (χ1v) is 8.37. The average Bonchev–Trinajstić information content (AvgIpc) is 2.53. The van der Waals surface area contributed by atoms with E-state index < -0.39 is 0 Å². The number of piperidine rings is 1. The number of anilines is 1. The summed E-state index contributed by atoms with van der Waals surface area (Å²) in [4.78, 5) is 4.85. The van der Waals surface area contributed by atoms with E-state index in [1.165, 1.54) is 43.6 Å². The Hall–Kier alpha value is -1.06. The SMILES string of the molecule is CCCN(C1CCCNC1)C(C)c1ccc(N(C)C)cc1. The minimum absolute atomic E-state index is 0.492. The van der Waals surface area contributed by atoms with Gasteiger partial charge in [-0.1, -0.05) is 19.1 Å². The number of nitrogens with one attached hydrogen (secondary N) is 1. The van der Waals surface area contributed by atoms with Crippen molar-refractivity contribution >= 4 is 5.69 Å². The van der Waals surface area contributed by atoms with Crippen LogP contribution in [0.5, 0.6) is 0 Å². The van der Waals surface area contributed by atoms with E-state index >= 15 is 0 Å². The highest BCUT2D eigenvalue weighted by molar-refractivity contribution is 5.46. The summed E-state index contributed by atoms with van der Waals surface area (Å²) in [5, 5.41) is 3.56. The second-order valence-electron chi connectivity index (χ2n) is 6.40. The number of rotatable bonds is 6. The van der Waals surface area contributed by atoms with E-state index in [9.17, 15) is 0 Å². The molecule has 1 heterocycles. The van der Waals surface area contributed by atoms with Crippen LogP contribution >= 0.6 is 0 Å². The molecule has 1 aliphatic heterocycles. The molecule has 0 radical (unpaired) electrons. The summed E-state index contributed by atoms with van der Waals surface area (Å²) in [7, 11) is 4.19. The van der Waals surface area contributed by atoms with E-state index in [-0.39, 0.29) is 0 Å². The summed E-state index contributed by atoms with van der Waals surface area (Å²) in [6.45, 7) is 8.14. The Bertz CT molecular complexity index is 407. The maximum Gasteiger partial charge on any atom is 0.0361 e. The molecule has 1 aromatic carbocycles. The highest BCUT2D eigenvalue weighted by Gasteiger charge is 2.25. The zero-order valence-electron chi connectivity index (χ0n) is 14.1. The van der Waals surface area contributed by atoms with Gasteiger partial charge in [0, 0.05) is 38.4 Å². The number of nitrogens with zero attached hydrogens (tertiary/aromatic N) is 2. The summed E-state index contributed by atoms with van der Waals surface area (Å²) < 4.78 is 0. The summed E-state index contributed by atoms with van der Waals surface area (Å²) in [5.74, 6) is 0. The molecule has 1 fully saturated rings. The van der Waals surface area contributed by atoms with Gasteiger partial charge in [-0.15, -0.1) is 0 Å². The Morgan fingerprint density at radius 2 is 1.95 bits per heavy atom. The van der Waals surface area contributed by atoms with Crippen molar-refractivity contribution in [1.82, 2.24) is 10.2 Å². The van der Waals surface area contributed by atoms with Crippen molar-refractivity contribution in [3.63, 3.8) is 0 Å². The number of benzene rings is 1. The van der Waals surface area contributed by atoms with E-state index in [1.807, 2.05) is 0 Å². The highest BCUT2D eigenvalue weighted by Crippen LogP contribution is 2.26. The van der Waals surface area contributed by atoms with Gasteiger partial charge in [0.25, 0.3) is 0 Å². The lowest BCUT2D eigenvalue weighted by Crippen LogP contribution is -2.47. The van der Waals surface area contributed by atoms with Crippen molar-refractivity contribution in [3.05, 3.63) is 29.8 Å². The van der Waals surface area contributed by atoms with Gasteiger partial charge in [0.15, 0.2) is 0 Å². The van der Waals surface area contributed by atoms with Crippen molar-refractivity contribution in [2.24, 2.45) is 0 Å². The molecule has 0 spiro atoms. The van der Waals surface area contributed by atoms with Crippen LogP contribution in [0.25, 0.3) is 0 Å². The van der Waals surface area contributed by atoms with Crippen LogP contribution in [0.2, 0.25) is 0 Å². The molecule has 0 aliphatic carbocycles. The van der Waals surface area contributed by atoms with Crippen molar-refractivity contribution in [2.75, 3.05) is 38.6 Å². The molecule has 2 unspecified atom stereocenters. The van der Waals surface area contributed by atoms with E-state index in [2.05, 4.69) is 67.3 Å². The molecule has 0 amide bonds. The van der Waals surface area contributed by atoms with Crippen LogP contribution in [0.1, 0.15) is 44.7 Å². The fraction of sp³-hybridized carbons (Fsp3) is 0.667. The lowest BCUT2D eigenvalue weighted by Gasteiger charge is -2.39. The van der Waals surface area contributed by atoms with Crippen molar-refractivity contribution in [1.29, 1.82) is 0 Å². The minimum atomic E-state index is 0.492. The average molecular weight is 289 g/mol. The number of hydrogen-bond acceptors (Lipinski definition) is 3. The summed E-state index contributed by atoms with van der Waals surface area (Å²) in [6.07, 6.45) is 3.85. The van der Waals surface area contributed by atoms with Crippen LogP contribution in [-0.2, 0) is 0 Å². The molecule has 1 saturated heterocycles. The molecule has 1 aromatic rings. The van der Waals surface area contributed by atoms with E-state index in [0.29, 0.717) is 12.1 Å². The van der Waals surface area contributed by atoms with Gasteiger partial charge in [-0.3, -0.25) is 4.90 Å². The fourth-order valence-corrected chi connectivity index (χ4v) is 3.31. The second kappa shape index (κ2) is 7.81. The molecular formula is C18H31N3. The third-order valence-corrected chi connectivity index (χ3v) is 4.61. The third kappa shape index (κ3) is 4.21. The van der Waals surface area contributed by atoms with Gasteiger partial charge in [0.05, 0.1) is 0 Å². The molecule has 0 saturated carbocycles. The first-order chi connectivity index (χ1) is 10.1. The van der Waals surface area contributed by atoms with Gasteiger partial charge in [-0.05, 0) is 57.0 Å². The minimum Gasteiger partial charge on any atom is -0.378 e. The maximum absolute atomic E-state index is 3.56. The molecule has 3 nitrogen and oxygen atoms in total. The molecule has 3 heteroatoms. The van der Waals surface area contributed by atoms with E-state index in [4.69, 9.17) is 0 Å². The predicted molar refractivity (Wildman–Crippen MR) is 92.1 cm³/mol. The first-order valence-electron chi connectivity index (χ1n) is 8.37. The lowest BCUT2D eigenvalue weighted by molar-refractivity contribution is 0.120. The Morgan fingerprint density at radius 3 is 2.48 bits per heavy atom. The summed E-state index contributed by atoms with van der Waals surface area (Å²) >= 11 is 0. The van der Waals surface area contributed by atoms with E-state index in [0.717, 1.165) is 6.54 Å². The molecule has 1 N–H and O–H groups in total. The lowest BCUT2D eigenvalue weighted by atomic mass is 9.99. The predicted octanol–water partition coefficient (Wildman–Crippen LogP) is 3.28. The standard InChI is InChI=1S/C18H31N3/c1-5-13-21(18-7-6-12-19-14-18)15(2)16-8-10-17(11-9-16)20(3)4/h8-11,15,18-19H,5-7,12-14H2,1-4H3. The zero-order chi connectivity index (χ0) is 15.2. The maximum atomic E-state index is 3.56. The van der Waals surface area contributed by atoms with Gasteiger partial charge in [-0.2, -0.15) is 0 Å². The number of hydrogen-bond donors (Lipinski definition) is 1. The monoisotopic (exact) mass is 289 g/mol. The van der Waals surface area contributed by atoms with Gasteiger partial charge in [0.2, 0.25) is 0 Å². The topological polar surface area (TPSA) is 18.5 Å². The Kier molecular flexibility index (Phi) is 6.07. The Morgan fingerprint density at radius 1 is 1.24 bits per heavy atom. The zero-order valence-corrected chi connectivity index (χ0v) is 14.1. The van der Waals surface area contributed by atoms with Crippen LogP contribution in [0.3, 0.4) is 0 Å². The smallest absolute Gasteiger partial charge is 0.0361 e. The Balaban J connectivity index is 2.10. The van der Waals surface area contributed by atoms with Crippen LogP contribution in [0, 0.1) is 0 Å². The van der Waals surface area contributed by atoms with Gasteiger partial charge >= 0.3 is 0 Å². The van der Waals surface area contributed by atoms with Gasteiger partial charge < -0.3 is 10.2 Å². The molecule has 2 atom stereocenters. The van der Waals surface area contributed by atoms with Crippen molar-refractivity contribution in [2.45, 2.75) is 45.2 Å². The fourth-order valence-electron chi connectivity index (χ4n) is 3.31. The molecule has 118 valence electrons. The highest BCUT2D eigenvalue weighted by atomic mass is 15.2. The van der Waals surface area contributed by atoms with E-state index in [1.54, 1.807) is 0 Å². The normalized spacial score (nSPS) is 20.5. The second-order valence-corrected chi connectivity index (χ2v) is 6.40. The summed E-state index contributed by atoms with van der Waals surface area (Å²) in [5.41, 5.74) is 2.70. The molecule has 1 aliphatic rings. The largest absolute Gasteiger partial charge is 0.378 e. The quantitative estimate of drug-likeness (QED) is 0.867. The molecule has 21 heavy (non-hydrogen) atoms. The van der Waals surface area contributed by atoms with Gasteiger partial charge in [-0.25, -0.2) is 0 Å². The van der Waals surface area contributed by atoms with Crippen LogP contribution < -0.4 is 10.2 Å². The summed E-state index contributed by atoms with van der Waals surface area (Å²) in [6, 6.07) is 10.2. The van der Waals surface area contributed by atoms with Crippen LogP contribution in [0.15, 0.2) is 24.3 Å². The first kappa shape index (κ1) is 16.3. The van der Waals surface area contributed by atoms with Crippen molar-refractivity contribution in [3.8, 4) is 0 Å². The third-order valence-electron chi connectivity index (χ3n) is 4.61. The molecule has 2 rings (SSSR count). The van der Waals surface area contributed by atoms with Crippen molar-refractivity contribution < 1.29 is 0 Å².